The van der Waals surface area contributed by atoms with Crippen molar-refractivity contribution < 1.29 is 0 Å². The molecule has 0 saturated heterocycles. The van der Waals surface area contributed by atoms with Crippen molar-refractivity contribution in [2.45, 2.75) is 19.9 Å². The molecule has 5 heteroatoms. The van der Waals surface area contributed by atoms with Crippen LogP contribution in [0.4, 0.5) is 0 Å². The number of rotatable bonds is 4. The molecule has 0 aliphatic carbocycles. The van der Waals surface area contributed by atoms with Crippen LogP contribution in [-0.4, -0.2) is 27.0 Å². The van der Waals surface area contributed by atoms with Crippen LogP contribution in [0.25, 0.3) is 22.4 Å². The molecule has 3 heterocycles. The summed E-state index contributed by atoms with van der Waals surface area (Å²) >= 11 is 0. The normalized spacial score (nSPS) is 11.1. The first-order valence-electron chi connectivity index (χ1n) is 6.75. The van der Waals surface area contributed by atoms with E-state index in [9.17, 15) is 0 Å². The number of aromatic nitrogens is 4. The number of aryl methyl sites for hydroxylation is 1. The summed E-state index contributed by atoms with van der Waals surface area (Å²) < 4.78 is 0. The Kier molecular flexibility index (Phi) is 3.43. The molecular formula is C15H17N5. The zero-order valence-electron chi connectivity index (χ0n) is 11.6. The molecule has 3 aromatic heterocycles. The quantitative estimate of drug-likeness (QED) is 0.761. The van der Waals surface area contributed by atoms with E-state index in [0.717, 1.165) is 41.1 Å². The lowest BCUT2D eigenvalue weighted by Gasteiger charge is -2.06. The van der Waals surface area contributed by atoms with E-state index in [1.54, 1.807) is 12.4 Å². The summed E-state index contributed by atoms with van der Waals surface area (Å²) in [6, 6.07) is 3.86. The molecule has 5 nitrogen and oxygen atoms in total. The third kappa shape index (κ3) is 2.16. The Labute approximate surface area is 117 Å². The average molecular weight is 267 g/mol. The molecule has 0 fully saturated rings. The van der Waals surface area contributed by atoms with E-state index in [1.165, 1.54) is 5.56 Å². The van der Waals surface area contributed by atoms with Crippen LogP contribution in [0.15, 0.2) is 30.7 Å². The number of nitrogens with one attached hydrogen (secondary N) is 2. The third-order valence-electron chi connectivity index (χ3n) is 3.33. The molecule has 0 aliphatic rings. The molecule has 2 N–H and O–H groups in total. The number of fused-ring (bicyclic) bond motifs is 1. The number of hydrogen-bond acceptors (Lipinski definition) is 4. The van der Waals surface area contributed by atoms with Gasteiger partial charge in [0.15, 0.2) is 5.82 Å². The highest BCUT2D eigenvalue weighted by Gasteiger charge is 2.13. The number of pyridine rings is 1. The number of aromatic amines is 1. The fraction of sp³-hybridized carbons (Fsp3) is 0.267. The fourth-order valence-corrected chi connectivity index (χ4v) is 2.39. The molecule has 0 aromatic carbocycles. The van der Waals surface area contributed by atoms with E-state index >= 15 is 0 Å². The van der Waals surface area contributed by atoms with Crippen LogP contribution >= 0.6 is 0 Å². The van der Waals surface area contributed by atoms with Crippen molar-refractivity contribution in [1.82, 2.24) is 25.3 Å². The van der Waals surface area contributed by atoms with Crippen molar-refractivity contribution in [2.24, 2.45) is 0 Å². The molecule has 0 radical (unpaired) electrons. The second-order valence-corrected chi connectivity index (χ2v) is 4.65. The predicted molar refractivity (Wildman–Crippen MR) is 79.3 cm³/mol. The highest BCUT2D eigenvalue weighted by molar-refractivity contribution is 5.84. The first kappa shape index (κ1) is 12.7. The molecule has 0 spiro atoms. The lowest BCUT2D eigenvalue weighted by molar-refractivity contribution is 0.822. The Bertz CT molecular complexity index is 718. The van der Waals surface area contributed by atoms with Gasteiger partial charge in [0.2, 0.25) is 0 Å². The van der Waals surface area contributed by atoms with Crippen LogP contribution in [0.1, 0.15) is 18.2 Å². The minimum Gasteiger partial charge on any atom is -0.346 e. The van der Waals surface area contributed by atoms with Crippen LogP contribution < -0.4 is 5.32 Å². The Morgan fingerprint density at radius 2 is 2.00 bits per heavy atom. The maximum atomic E-state index is 4.72. The summed E-state index contributed by atoms with van der Waals surface area (Å²) in [4.78, 5) is 16.6. The molecule has 20 heavy (non-hydrogen) atoms. The maximum Gasteiger partial charge on any atom is 0.161 e. The predicted octanol–water partition coefficient (Wildman–Crippen LogP) is 2.30. The second kappa shape index (κ2) is 5.38. The van der Waals surface area contributed by atoms with E-state index in [1.807, 2.05) is 25.4 Å². The van der Waals surface area contributed by atoms with E-state index in [-0.39, 0.29) is 0 Å². The first-order valence-corrected chi connectivity index (χ1v) is 6.75. The minimum atomic E-state index is 0.745. The van der Waals surface area contributed by atoms with E-state index in [4.69, 9.17) is 4.98 Å². The topological polar surface area (TPSA) is 66.5 Å². The third-order valence-corrected chi connectivity index (χ3v) is 3.33. The lowest BCUT2D eigenvalue weighted by atomic mass is 10.1. The monoisotopic (exact) mass is 267 g/mol. The van der Waals surface area contributed by atoms with Gasteiger partial charge in [-0.2, -0.15) is 0 Å². The van der Waals surface area contributed by atoms with Gasteiger partial charge >= 0.3 is 0 Å². The van der Waals surface area contributed by atoms with Gasteiger partial charge in [0.05, 0.1) is 5.69 Å². The largest absolute Gasteiger partial charge is 0.346 e. The van der Waals surface area contributed by atoms with Crippen molar-refractivity contribution >= 4 is 11.0 Å². The Balaban J connectivity index is 2.19. The van der Waals surface area contributed by atoms with Gasteiger partial charge in [0.1, 0.15) is 5.65 Å². The molecule has 0 amide bonds. The van der Waals surface area contributed by atoms with Crippen LogP contribution in [0.2, 0.25) is 0 Å². The Hall–Kier alpha value is -2.27. The zero-order valence-corrected chi connectivity index (χ0v) is 11.6. The summed E-state index contributed by atoms with van der Waals surface area (Å²) in [6.45, 7) is 2.93. The van der Waals surface area contributed by atoms with Gasteiger partial charge < -0.3 is 10.3 Å². The molecule has 0 aliphatic heterocycles. The maximum absolute atomic E-state index is 4.72. The average Bonchev–Trinajstić information content (AvgIpc) is 2.91. The zero-order chi connectivity index (χ0) is 13.9. The summed E-state index contributed by atoms with van der Waals surface area (Å²) in [6.07, 6.45) is 6.41. The molecule has 3 rings (SSSR count). The summed E-state index contributed by atoms with van der Waals surface area (Å²) in [5.74, 6) is 0.745. The van der Waals surface area contributed by atoms with Gasteiger partial charge in [-0.1, -0.05) is 6.92 Å². The number of nitrogens with zero attached hydrogens (tertiary/aromatic N) is 3. The summed E-state index contributed by atoms with van der Waals surface area (Å²) in [5.41, 5.74) is 4.17. The molecule has 0 unspecified atom stereocenters. The summed E-state index contributed by atoms with van der Waals surface area (Å²) in [5, 5.41) is 4.31. The highest BCUT2D eigenvalue weighted by atomic mass is 15.0. The van der Waals surface area contributed by atoms with Crippen molar-refractivity contribution in [3.8, 4) is 11.4 Å². The first-order chi connectivity index (χ1) is 9.83. The van der Waals surface area contributed by atoms with Crippen molar-refractivity contribution in [3.05, 3.63) is 42.0 Å². The van der Waals surface area contributed by atoms with Crippen LogP contribution in [0.3, 0.4) is 0 Å². The minimum absolute atomic E-state index is 0.745. The second-order valence-electron chi connectivity index (χ2n) is 4.65. The Morgan fingerprint density at radius 3 is 2.70 bits per heavy atom. The van der Waals surface area contributed by atoms with Crippen LogP contribution in [0.5, 0.6) is 0 Å². The van der Waals surface area contributed by atoms with Crippen molar-refractivity contribution in [3.63, 3.8) is 0 Å². The van der Waals surface area contributed by atoms with E-state index in [2.05, 4.69) is 27.2 Å². The van der Waals surface area contributed by atoms with Gasteiger partial charge in [-0.25, -0.2) is 9.97 Å². The van der Waals surface area contributed by atoms with Gasteiger partial charge in [-0.3, -0.25) is 4.98 Å². The van der Waals surface area contributed by atoms with Crippen molar-refractivity contribution in [2.75, 3.05) is 7.05 Å². The highest BCUT2D eigenvalue weighted by Crippen LogP contribution is 2.24. The van der Waals surface area contributed by atoms with Gasteiger partial charge in [0.25, 0.3) is 0 Å². The molecule has 3 aromatic rings. The Morgan fingerprint density at radius 1 is 1.20 bits per heavy atom. The summed E-state index contributed by atoms with van der Waals surface area (Å²) in [7, 11) is 1.94. The van der Waals surface area contributed by atoms with Gasteiger partial charge in [-0.15, -0.1) is 0 Å². The van der Waals surface area contributed by atoms with Gasteiger partial charge in [-0.05, 0) is 31.2 Å². The van der Waals surface area contributed by atoms with Gasteiger partial charge in [0, 0.05) is 36.1 Å². The smallest absolute Gasteiger partial charge is 0.161 e. The van der Waals surface area contributed by atoms with Crippen molar-refractivity contribution in [1.29, 1.82) is 0 Å². The van der Waals surface area contributed by atoms with Crippen LogP contribution in [0, 0.1) is 0 Å². The molecule has 102 valence electrons. The number of H-pyrrole nitrogens is 1. The van der Waals surface area contributed by atoms with E-state index in [0.29, 0.717) is 0 Å². The molecular weight excluding hydrogens is 250 g/mol. The SMILES string of the molecule is CCc1nc(-c2ccncc2)nc2[nH]cc(CNC)c12. The molecule has 0 bridgehead atoms. The standard InChI is InChI=1S/C15H17N5/c1-3-12-13-11(8-16-2)9-18-15(13)20-14(19-12)10-4-6-17-7-5-10/h4-7,9,16H,3,8H2,1-2H3,(H,18,19,20). The van der Waals surface area contributed by atoms with Crippen LogP contribution in [-0.2, 0) is 13.0 Å². The number of hydrogen-bond donors (Lipinski definition) is 2. The molecule has 0 saturated carbocycles. The lowest BCUT2D eigenvalue weighted by Crippen LogP contribution is -2.05. The van der Waals surface area contributed by atoms with E-state index < -0.39 is 0 Å². The molecule has 0 atom stereocenters. The fourth-order valence-electron chi connectivity index (χ4n) is 2.39.